The molecule has 1 saturated carbocycles. The molecule has 0 saturated heterocycles. The molecule has 1 fully saturated rings. The predicted octanol–water partition coefficient (Wildman–Crippen LogP) is 5.95. The molecule has 1 aliphatic carbocycles. The number of aliphatic carboxylic acids is 1. The van der Waals surface area contributed by atoms with Gasteiger partial charge in [-0.05, 0) is 61.1 Å². The van der Waals surface area contributed by atoms with Crippen molar-refractivity contribution in [3.8, 4) is 5.75 Å². The molecule has 0 unspecified atom stereocenters. The Kier molecular flexibility index (Phi) is 7.62. The van der Waals surface area contributed by atoms with Crippen LogP contribution in [0.2, 0.25) is 0 Å². The van der Waals surface area contributed by atoms with Gasteiger partial charge in [-0.25, -0.2) is 0 Å². The molecule has 0 radical (unpaired) electrons. The summed E-state index contributed by atoms with van der Waals surface area (Å²) in [6.45, 7) is 0.0976. The molecule has 0 bridgehead atoms. The first-order valence-corrected chi connectivity index (χ1v) is 10.7. The van der Waals surface area contributed by atoms with E-state index >= 15 is 0 Å². The van der Waals surface area contributed by atoms with E-state index in [0.717, 1.165) is 12.1 Å². The molecule has 0 aliphatic heterocycles. The van der Waals surface area contributed by atoms with E-state index in [4.69, 9.17) is 9.84 Å². The Balaban J connectivity index is 1.79. The Labute approximate surface area is 191 Å². The summed E-state index contributed by atoms with van der Waals surface area (Å²) in [6.07, 6.45) is -10.2. The second-order valence-electron chi connectivity index (χ2n) is 8.26. The zero-order chi connectivity index (χ0) is 25.1. The Morgan fingerprint density at radius 3 is 2.26 bits per heavy atom. The third-order valence-electron chi connectivity index (χ3n) is 5.81. The number of halogens is 6. The fraction of sp³-hybridized carbons (Fsp3) is 0.478. The lowest BCUT2D eigenvalue weighted by molar-refractivity contribution is -0.185. The molecular weight excluding hydrogens is 468 g/mol. The standard InChI is InChI=1S/C23H23F6NO4/c24-22(25,26)15-5-7-16(8-6-15)34-18-10-4-13-12-14(21(33)30-11-1-2-19(31)32)3-9-17(13)20(18)23(27,28)29/h3-4,9-10,12,15-16H,1-2,5-8,11H2,(H,30,33)(H,31,32). The van der Waals surface area contributed by atoms with Gasteiger partial charge < -0.3 is 15.2 Å². The number of carboxylic acids is 1. The minimum atomic E-state index is -4.79. The summed E-state index contributed by atoms with van der Waals surface area (Å²) in [5, 5.41) is 11.1. The number of ether oxygens (including phenoxy) is 1. The van der Waals surface area contributed by atoms with Gasteiger partial charge in [0.05, 0.1) is 12.0 Å². The van der Waals surface area contributed by atoms with Crippen molar-refractivity contribution in [3.05, 3.63) is 41.5 Å². The van der Waals surface area contributed by atoms with Crippen LogP contribution in [0.5, 0.6) is 5.75 Å². The zero-order valence-corrected chi connectivity index (χ0v) is 17.9. The third-order valence-corrected chi connectivity index (χ3v) is 5.81. The quantitative estimate of drug-likeness (QED) is 0.371. The van der Waals surface area contributed by atoms with Gasteiger partial charge in [0.25, 0.3) is 5.91 Å². The van der Waals surface area contributed by atoms with E-state index in [9.17, 15) is 35.9 Å². The molecule has 0 aromatic heterocycles. The van der Waals surface area contributed by atoms with Gasteiger partial charge in [0.1, 0.15) is 11.3 Å². The summed E-state index contributed by atoms with van der Waals surface area (Å²) in [5.41, 5.74) is -0.938. The molecule has 0 heterocycles. The van der Waals surface area contributed by atoms with Gasteiger partial charge in [-0.15, -0.1) is 0 Å². The molecule has 186 valence electrons. The highest BCUT2D eigenvalue weighted by molar-refractivity contribution is 5.99. The van der Waals surface area contributed by atoms with Crippen molar-refractivity contribution in [1.29, 1.82) is 0 Å². The summed E-state index contributed by atoms with van der Waals surface area (Å²) in [5.74, 6) is -3.49. The van der Waals surface area contributed by atoms with Crippen LogP contribution < -0.4 is 10.1 Å². The highest BCUT2D eigenvalue weighted by atomic mass is 19.4. The summed E-state index contributed by atoms with van der Waals surface area (Å²) in [6, 6.07) is 6.15. The lowest BCUT2D eigenvalue weighted by Gasteiger charge is -2.31. The normalized spacial score (nSPS) is 19.1. The van der Waals surface area contributed by atoms with Crippen LogP contribution in [0.25, 0.3) is 10.8 Å². The number of hydrogen-bond donors (Lipinski definition) is 2. The number of benzene rings is 2. The third kappa shape index (κ3) is 6.32. The van der Waals surface area contributed by atoms with E-state index in [-0.39, 0.29) is 61.4 Å². The molecule has 5 nitrogen and oxygen atoms in total. The molecule has 11 heteroatoms. The number of rotatable bonds is 7. The summed E-state index contributed by atoms with van der Waals surface area (Å²) in [7, 11) is 0. The molecule has 34 heavy (non-hydrogen) atoms. The van der Waals surface area contributed by atoms with Crippen LogP contribution in [-0.2, 0) is 11.0 Å². The minimum absolute atomic E-state index is 0.000494. The van der Waals surface area contributed by atoms with Crippen molar-refractivity contribution in [1.82, 2.24) is 5.32 Å². The van der Waals surface area contributed by atoms with Crippen LogP contribution in [0, 0.1) is 5.92 Å². The number of amides is 1. The first-order valence-electron chi connectivity index (χ1n) is 10.7. The Bertz CT molecular complexity index is 1040. The van der Waals surface area contributed by atoms with Crippen LogP contribution in [0.1, 0.15) is 54.4 Å². The number of carboxylic acid groups (broad SMARTS) is 1. The van der Waals surface area contributed by atoms with Crippen LogP contribution in [0.3, 0.4) is 0 Å². The van der Waals surface area contributed by atoms with Crippen molar-refractivity contribution in [2.75, 3.05) is 6.54 Å². The van der Waals surface area contributed by atoms with Gasteiger partial charge in [-0.2, -0.15) is 26.3 Å². The first-order chi connectivity index (χ1) is 15.9. The van der Waals surface area contributed by atoms with Crippen LogP contribution in [0.4, 0.5) is 26.3 Å². The zero-order valence-electron chi connectivity index (χ0n) is 17.9. The number of hydrogen-bond acceptors (Lipinski definition) is 3. The molecule has 1 aliphatic rings. The van der Waals surface area contributed by atoms with Crippen LogP contribution in [-0.4, -0.2) is 35.8 Å². The van der Waals surface area contributed by atoms with Crippen molar-refractivity contribution in [2.24, 2.45) is 5.92 Å². The summed E-state index contributed by atoms with van der Waals surface area (Å²) in [4.78, 5) is 22.8. The first kappa shape index (κ1) is 25.6. The van der Waals surface area contributed by atoms with Crippen molar-refractivity contribution in [3.63, 3.8) is 0 Å². The average molecular weight is 491 g/mol. The molecule has 2 aromatic carbocycles. The Morgan fingerprint density at radius 2 is 1.68 bits per heavy atom. The van der Waals surface area contributed by atoms with Crippen molar-refractivity contribution < 1.29 is 45.8 Å². The molecule has 3 rings (SSSR count). The molecule has 1 amide bonds. The fourth-order valence-electron chi connectivity index (χ4n) is 4.07. The molecule has 2 aromatic rings. The number of fused-ring (bicyclic) bond motifs is 1. The van der Waals surface area contributed by atoms with Gasteiger partial charge in [0, 0.05) is 18.5 Å². The maximum absolute atomic E-state index is 13.9. The maximum Gasteiger partial charge on any atom is 0.420 e. The van der Waals surface area contributed by atoms with Gasteiger partial charge >= 0.3 is 18.3 Å². The molecule has 0 atom stereocenters. The van der Waals surface area contributed by atoms with Gasteiger partial charge in [-0.3, -0.25) is 9.59 Å². The van der Waals surface area contributed by atoms with Crippen molar-refractivity contribution in [2.45, 2.75) is 57.0 Å². The number of carbonyl (C=O) groups is 2. The van der Waals surface area contributed by atoms with E-state index in [0.29, 0.717) is 0 Å². The highest BCUT2D eigenvalue weighted by Crippen LogP contribution is 2.44. The smallest absolute Gasteiger partial charge is 0.420 e. The summed E-state index contributed by atoms with van der Waals surface area (Å²) >= 11 is 0. The van der Waals surface area contributed by atoms with E-state index in [1.165, 1.54) is 18.2 Å². The fourth-order valence-corrected chi connectivity index (χ4v) is 4.07. The van der Waals surface area contributed by atoms with Gasteiger partial charge in [0.2, 0.25) is 0 Å². The minimum Gasteiger partial charge on any atom is -0.490 e. The second kappa shape index (κ2) is 10.1. The molecular formula is C23H23F6NO4. The second-order valence-corrected chi connectivity index (χ2v) is 8.26. The van der Waals surface area contributed by atoms with Crippen molar-refractivity contribution >= 4 is 22.6 Å². The van der Waals surface area contributed by atoms with Crippen LogP contribution in [0.15, 0.2) is 30.3 Å². The van der Waals surface area contributed by atoms with E-state index < -0.39 is 47.6 Å². The maximum atomic E-state index is 13.9. The lowest BCUT2D eigenvalue weighted by Crippen LogP contribution is -2.32. The van der Waals surface area contributed by atoms with Gasteiger partial charge in [-0.1, -0.05) is 12.1 Å². The average Bonchev–Trinajstić information content (AvgIpc) is 2.74. The van der Waals surface area contributed by atoms with E-state index in [2.05, 4.69) is 5.32 Å². The summed E-state index contributed by atoms with van der Waals surface area (Å²) < 4.78 is 85.9. The highest BCUT2D eigenvalue weighted by Gasteiger charge is 2.42. The lowest BCUT2D eigenvalue weighted by atomic mass is 9.87. The number of nitrogens with one attached hydrogen (secondary N) is 1. The van der Waals surface area contributed by atoms with Gasteiger partial charge in [0.15, 0.2) is 0 Å². The number of alkyl halides is 6. The molecule has 0 spiro atoms. The van der Waals surface area contributed by atoms with E-state index in [1.54, 1.807) is 0 Å². The number of carbonyl (C=O) groups excluding carboxylic acids is 1. The monoisotopic (exact) mass is 491 g/mol. The van der Waals surface area contributed by atoms with E-state index in [1.807, 2.05) is 0 Å². The molecule has 2 N–H and O–H groups in total. The SMILES string of the molecule is O=C(O)CCCNC(=O)c1ccc2c(C(F)(F)F)c(OC3CCC(C(F)(F)F)CC3)ccc2c1. The predicted molar refractivity (Wildman–Crippen MR) is 111 cm³/mol. The Morgan fingerprint density at radius 1 is 1.00 bits per heavy atom. The topological polar surface area (TPSA) is 75.6 Å². The Hall–Kier alpha value is -2.98. The van der Waals surface area contributed by atoms with Crippen LogP contribution >= 0.6 is 0 Å². The largest absolute Gasteiger partial charge is 0.490 e.